The van der Waals surface area contributed by atoms with Crippen molar-refractivity contribution in [1.29, 1.82) is 0 Å². The molecule has 1 fully saturated rings. The van der Waals surface area contributed by atoms with Gasteiger partial charge in [-0.3, -0.25) is 14.4 Å². The fourth-order valence-electron chi connectivity index (χ4n) is 2.26. The average Bonchev–Trinajstić information content (AvgIpc) is 2.67. The number of carboxylic acids is 1. The van der Waals surface area contributed by atoms with Crippen LogP contribution in [0.1, 0.15) is 17.0 Å². The minimum Gasteiger partial charge on any atom is -0.481 e. The third-order valence-corrected chi connectivity index (χ3v) is 3.27. The predicted molar refractivity (Wildman–Crippen MR) is 63.8 cm³/mol. The number of benzene rings is 1. The Labute approximate surface area is 105 Å². The van der Waals surface area contributed by atoms with E-state index in [0.717, 1.165) is 16.2 Å². The number of carbonyl (C=O) groups excluding carboxylic acids is 1. The molecule has 0 aliphatic carbocycles. The molecular formula is C13H15NO4. The van der Waals surface area contributed by atoms with Gasteiger partial charge in [0.1, 0.15) is 5.92 Å². The van der Waals surface area contributed by atoms with Crippen molar-refractivity contribution in [2.24, 2.45) is 5.92 Å². The van der Waals surface area contributed by atoms with Gasteiger partial charge in [0.05, 0.1) is 13.7 Å². The number of aliphatic carboxylic acids is 1. The van der Waals surface area contributed by atoms with Crippen molar-refractivity contribution < 1.29 is 19.5 Å². The van der Waals surface area contributed by atoms with E-state index in [2.05, 4.69) is 0 Å². The molecule has 0 saturated carbocycles. The molecule has 96 valence electrons. The van der Waals surface area contributed by atoms with E-state index in [1.165, 1.54) is 7.11 Å². The number of hydrogen-bond donors (Lipinski definition) is 1. The molecular weight excluding hydrogens is 234 g/mol. The summed E-state index contributed by atoms with van der Waals surface area (Å²) in [7, 11) is 1.37. The highest BCUT2D eigenvalue weighted by atomic mass is 16.7. The van der Waals surface area contributed by atoms with Crippen LogP contribution >= 0.6 is 0 Å². The first kappa shape index (κ1) is 12.6. The number of rotatable bonds is 3. The van der Waals surface area contributed by atoms with Crippen LogP contribution in [0.15, 0.2) is 24.3 Å². The number of carbonyl (C=O) groups is 2. The molecule has 1 aromatic rings. The van der Waals surface area contributed by atoms with Gasteiger partial charge in [-0.15, -0.1) is 0 Å². The molecule has 1 amide bonds. The highest BCUT2D eigenvalue weighted by Crippen LogP contribution is 2.34. The zero-order valence-corrected chi connectivity index (χ0v) is 10.3. The topological polar surface area (TPSA) is 66.8 Å². The van der Waals surface area contributed by atoms with Gasteiger partial charge < -0.3 is 5.11 Å². The summed E-state index contributed by atoms with van der Waals surface area (Å²) in [6.45, 7) is 2.23. The number of amides is 1. The summed E-state index contributed by atoms with van der Waals surface area (Å²) in [6, 6.07) is 7.55. The summed E-state index contributed by atoms with van der Waals surface area (Å²) in [4.78, 5) is 28.0. The molecule has 1 N–H and O–H groups in total. The third-order valence-electron chi connectivity index (χ3n) is 3.27. The minimum absolute atomic E-state index is 0.273. The summed E-state index contributed by atoms with van der Waals surface area (Å²) in [6.07, 6.45) is 0. The quantitative estimate of drug-likeness (QED) is 0.817. The lowest BCUT2D eigenvalue weighted by Crippen LogP contribution is -2.29. The molecule has 1 saturated heterocycles. The van der Waals surface area contributed by atoms with Crippen LogP contribution in [0.5, 0.6) is 0 Å². The van der Waals surface area contributed by atoms with E-state index in [-0.39, 0.29) is 12.5 Å². The summed E-state index contributed by atoms with van der Waals surface area (Å²) in [5.41, 5.74) is 1.94. The summed E-state index contributed by atoms with van der Waals surface area (Å²) in [5.74, 6) is -3.02. The van der Waals surface area contributed by atoms with Gasteiger partial charge >= 0.3 is 5.97 Å². The fourth-order valence-corrected chi connectivity index (χ4v) is 2.26. The third kappa shape index (κ3) is 2.09. The van der Waals surface area contributed by atoms with Gasteiger partial charge in [-0.25, -0.2) is 5.06 Å². The molecule has 0 spiro atoms. The van der Waals surface area contributed by atoms with E-state index >= 15 is 0 Å². The Kier molecular flexibility index (Phi) is 3.34. The maximum absolute atomic E-state index is 11.8. The first-order valence-electron chi connectivity index (χ1n) is 5.69. The van der Waals surface area contributed by atoms with Gasteiger partial charge in [0.2, 0.25) is 0 Å². The average molecular weight is 249 g/mol. The number of hydrogen-bond acceptors (Lipinski definition) is 3. The molecule has 1 aromatic carbocycles. The van der Waals surface area contributed by atoms with E-state index in [1.807, 2.05) is 31.2 Å². The van der Waals surface area contributed by atoms with E-state index < -0.39 is 17.8 Å². The Balaban J connectivity index is 2.33. The molecule has 1 aliphatic heterocycles. The first-order chi connectivity index (χ1) is 8.54. The van der Waals surface area contributed by atoms with Crippen LogP contribution in [0.25, 0.3) is 0 Å². The van der Waals surface area contributed by atoms with Crippen LogP contribution in [0.2, 0.25) is 0 Å². The zero-order chi connectivity index (χ0) is 13.3. The number of carboxylic acid groups (broad SMARTS) is 1. The summed E-state index contributed by atoms with van der Waals surface area (Å²) < 4.78 is 0. The Morgan fingerprint density at radius 2 is 2.00 bits per heavy atom. The molecule has 2 atom stereocenters. The molecule has 2 unspecified atom stereocenters. The van der Waals surface area contributed by atoms with Gasteiger partial charge in [-0.05, 0) is 12.5 Å². The van der Waals surface area contributed by atoms with Crippen LogP contribution in [0.4, 0.5) is 0 Å². The van der Waals surface area contributed by atoms with Crippen molar-refractivity contribution in [2.75, 3.05) is 13.7 Å². The van der Waals surface area contributed by atoms with Crippen molar-refractivity contribution >= 4 is 11.9 Å². The highest BCUT2D eigenvalue weighted by molar-refractivity contribution is 5.99. The predicted octanol–water partition coefficient (Wildman–Crippen LogP) is 1.18. The normalized spacial score (nSPS) is 23.4. The van der Waals surface area contributed by atoms with Crippen molar-refractivity contribution in [3.05, 3.63) is 35.4 Å². The van der Waals surface area contributed by atoms with Crippen molar-refractivity contribution in [3.8, 4) is 0 Å². The zero-order valence-electron chi connectivity index (χ0n) is 10.3. The van der Waals surface area contributed by atoms with Crippen molar-refractivity contribution in [1.82, 2.24) is 5.06 Å². The molecule has 0 aromatic heterocycles. The van der Waals surface area contributed by atoms with E-state index in [0.29, 0.717) is 0 Å². The Morgan fingerprint density at radius 1 is 1.39 bits per heavy atom. The lowest BCUT2D eigenvalue weighted by Gasteiger charge is -2.13. The number of nitrogens with zero attached hydrogens (tertiary/aromatic N) is 1. The second-order valence-electron chi connectivity index (χ2n) is 4.41. The van der Waals surface area contributed by atoms with Gasteiger partial charge in [0.15, 0.2) is 0 Å². The molecule has 0 radical (unpaired) electrons. The second-order valence-corrected chi connectivity index (χ2v) is 4.41. The molecule has 0 bridgehead atoms. The van der Waals surface area contributed by atoms with Gasteiger partial charge in [-0.2, -0.15) is 0 Å². The van der Waals surface area contributed by atoms with Crippen molar-refractivity contribution in [3.63, 3.8) is 0 Å². The smallest absolute Gasteiger partial charge is 0.316 e. The summed E-state index contributed by atoms with van der Waals surface area (Å²) >= 11 is 0. The second kappa shape index (κ2) is 4.78. The monoisotopic (exact) mass is 249 g/mol. The van der Waals surface area contributed by atoms with Crippen molar-refractivity contribution in [2.45, 2.75) is 12.8 Å². The van der Waals surface area contributed by atoms with Gasteiger partial charge in [-0.1, -0.05) is 29.8 Å². The first-order valence-corrected chi connectivity index (χ1v) is 5.69. The number of aryl methyl sites for hydroxylation is 1. The van der Waals surface area contributed by atoms with Crippen LogP contribution < -0.4 is 0 Å². The minimum atomic E-state index is -1.11. The maximum Gasteiger partial charge on any atom is 0.316 e. The maximum atomic E-state index is 11.8. The Bertz CT molecular complexity index is 468. The van der Waals surface area contributed by atoms with E-state index in [9.17, 15) is 14.7 Å². The SMILES string of the molecule is CON1CC(c2ccc(C)cc2)C(C(=O)O)C1=O. The van der Waals surface area contributed by atoms with Crippen LogP contribution in [-0.2, 0) is 14.4 Å². The fraction of sp³-hybridized carbons (Fsp3) is 0.385. The Hall–Kier alpha value is -1.88. The van der Waals surface area contributed by atoms with Crippen LogP contribution in [-0.4, -0.2) is 35.7 Å². The molecule has 2 rings (SSSR count). The lowest BCUT2D eigenvalue weighted by atomic mass is 9.88. The molecule has 18 heavy (non-hydrogen) atoms. The largest absolute Gasteiger partial charge is 0.481 e. The summed E-state index contributed by atoms with van der Waals surface area (Å²) in [5, 5.41) is 10.3. The molecule has 1 heterocycles. The van der Waals surface area contributed by atoms with Crippen LogP contribution in [0, 0.1) is 12.8 Å². The molecule has 5 nitrogen and oxygen atoms in total. The Morgan fingerprint density at radius 3 is 2.50 bits per heavy atom. The highest BCUT2D eigenvalue weighted by Gasteiger charge is 2.46. The standard InChI is InChI=1S/C13H15NO4/c1-8-3-5-9(6-4-8)10-7-14(18-2)12(15)11(10)13(16)17/h3-6,10-11H,7H2,1-2H3,(H,16,17). The molecule has 5 heteroatoms. The van der Waals surface area contributed by atoms with Gasteiger partial charge in [0, 0.05) is 5.92 Å². The lowest BCUT2D eigenvalue weighted by molar-refractivity contribution is -0.172. The molecule has 1 aliphatic rings. The number of hydroxylamine groups is 2. The van der Waals surface area contributed by atoms with E-state index in [1.54, 1.807) is 0 Å². The van der Waals surface area contributed by atoms with E-state index in [4.69, 9.17) is 4.84 Å². The van der Waals surface area contributed by atoms with Crippen LogP contribution in [0.3, 0.4) is 0 Å². The van der Waals surface area contributed by atoms with Gasteiger partial charge in [0.25, 0.3) is 5.91 Å².